The highest BCUT2D eigenvalue weighted by atomic mass is 16.5. The fourth-order valence-electron chi connectivity index (χ4n) is 1.46. The molecule has 2 aromatic rings. The number of rotatable bonds is 5. The van der Waals surface area contributed by atoms with Gasteiger partial charge in [-0.25, -0.2) is 0 Å². The number of carbonyl (C=O) groups excluding carboxylic acids is 1. The zero-order valence-electron chi connectivity index (χ0n) is 9.91. The van der Waals surface area contributed by atoms with Crippen molar-refractivity contribution in [2.75, 3.05) is 6.54 Å². The van der Waals surface area contributed by atoms with Gasteiger partial charge in [0.05, 0.1) is 6.20 Å². The van der Waals surface area contributed by atoms with Gasteiger partial charge in [0.25, 0.3) is 0 Å². The van der Waals surface area contributed by atoms with Crippen molar-refractivity contribution >= 4 is 5.91 Å². The molecule has 8 nitrogen and oxygen atoms in total. The maximum atomic E-state index is 11.7. The van der Waals surface area contributed by atoms with Crippen LogP contribution in [0, 0.1) is 0 Å². The molecule has 0 aliphatic carbocycles. The maximum Gasteiger partial charge on any atom is 0.241 e. The van der Waals surface area contributed by atoms with Crippen LogP contribution in [-0.2, 0) is 18.3 Å². The van der Waals surface area contributed by atoms with Gasteiger partial charge in [-0.15, -0.1) is 0 Å². The Morgan fingerprint density at radius 2 is 2.50 bits per heavy atom. The van der Waals surface area contributed by atoms with Gasteiger partial charge in [0, 0.05) is 31.8 Å². The predicted octanol–water partition coefficient (Wildman–Crippen LogP) is -0.838. The summed E-state index contributed by atoms with van der Waals surface area (Å²) in [4.78, 5) is 15.6. The first kappa shape index (κ1) is 12.2. The largest absolute Gasteiger partial charge is 0.354 e. The summed E-state index contributed by atoms with van der Waals surface area (Å²) in [5.74, 6) is 0.289. The van der Waals surface area contributed by atoms with Gasteiger partial charge in [0.2, 0.25) is 12.3 Å². The molecule has 3 N–H and O–H groups in total. The fourth-order valence-corrected chi connectivity index (χ4v) is 1.46. The minimum absolute atomic E-state index is 0.258. The van der Waals surface area contributed by atoms with Gasteiger partial charge in [-0.05, 0) is 0 Å². The van der Waals surface area contributed by atoms with E-state index in [2.05, 4.69) is 25.1 Å². The summed E-state index contributed by atoms with van der Waals surface area (Å²) in [6, 6.07) is -0.719. The lowest BCUT2D eigenvalue weighted by Gasteiger charge is -2.09. The van der Waals surface area contributed by atoms with Crippen LogP contribution in [0.15, 0.2) is 23.3 Å². The van der Waals surface area contributed by atoms with Crippen LogP contribution < -0.4 is 11.1 Å². The van der Waals surface area contributed by atoms with E-state index in [1.807, 2.05) is 0 Å². The van der Waals surface area contributed by atoms with Crippen molar-refractivity contribution in [1.29, 1.82) is 0 Å². The summed E-state index contributed by atoms with van der Waals surface area (Å²) < 4.78 is 6.18. The van der Waals surface area contributed by atoms with Crippen molar-refractivity contribution in [3.63, 3.8) is 0 Å². The Morgan fingerprint density at radius 1 is 1.67 bits per heavy atom. The van der Waals surface area contributed by atoms with E-state index in [0.29, 0.717) is 24.4 Å². The van der Waals surface area contributed by atoms with Crippen LogP contribution in [0.2, 0.25) is 0 Å². The molecule has 2 aromatic heterocycles. The SMILES string of the molecule is Cn1cc(C(N)C(=O)NCCc2ncon2)cn1. The second-order valence-corrected chi connectivity index (χ2v) is 3.81. The van der Waals surface area contributed by atoms with E-state index >= 15 is 0 Å². The van der Waals surface area contributed by atoms with Crippen LogP contribution in [-0.4, -0.2) is 32.4 Å². The van der Waals surface area contributed by atoms with Gasteiger partial charge < -0.3 is 15.6 Å². The van der Waals surface area contributed by atoms with E-state index in [0.717, 1.165) is 0 Å². The first-order chi connectivity index (χ1) is 8.66. The first-order valence-corrected chi connectivity index (χ1v) is 5.44. The monoisotopic (exact) mass is 250 g/mol. The lowest BCUT2D eigenvalue weighted by Crippen LogP contribution is -2.35. The zero-order chi connectivity index (χ0) is 13.0. The van der Waals surface area contributed by atoms with E-state index in [1.165, 1.54) is 6.39 Å². The van der Waals surface area contributed by atoms with Gasteiger partial charge in [-0.3, -0.25) is 9.48 Å². The maximum absolute atomic E-state index is 11.7. The molecule has 0 spiro atoms. The molecule has 0 saturated carbocycles. The Labute approximate surface area is 103 Å². The average Bonchev–Trinajstić information content (AvgIpc) is 2.99. The number of nitrogens with one attached hydrogen (secondary N) is 1. The Hall–Kier alpha value is -2.22. The number of hydrogen-bond acceptors (Lipinski definition) is 6. The molecule has 18 heavy (non-hydrogen) atoms. The molecule has 1 atom stereocenters. The van der Waals surface area contributed by atoms with E-state index in [4.69, 9.17) is 5.73 Å². The molecule has 1 unspecified atom stereocenters. The molecule has 0 saturated heterocycles. The van der Waals surface area contributed by atoms with Crippen LogP contribution in [0.3, 0.4) is 0 Å². The molecule has 1 amide bonds. The van der Waals surface area contributed by atoms with Crippen molar-refractivity contribution in [3.05, 3.63) is 30.2 Å². The molecule has 0 aliphatic rings. The minimum atomic E-state index is -0.719. The van der Waals surface area contributed by atoms with Crippen LogP contribution in [0.1, 0.15) is 17.4 Å². The van der Waals surface area contributed by atoms with Crippen molar-refractivity contribution in [1.82, 2.24) is 25.2 Å². The molecule has 2 heterocycles. The van der Waals surface area contributed by atoms with Gasteiger partial charge in [0.1, 0.15) is 6.04 Å². The second-order valence-electron chi connectivity index (χ2n) is 3.81. The highest BCUT2D eigenvalue weighted by Crippen LogP contribution is 2.07. The molecule has 8 heteroatoms. The number of nitrogens with zero attached hydrogens (tertiary/aromatic N) is 4. The number of hydrogen-bond donors (Lipinski definition) is 2. The summed E-state index contributed by atoms with van der Waals surface area (Å²) in [6.07, 6.45) is 5.04. The Balaban J connectivity index is 1.81. The van der Waals surface area contributed by atoms with E-state index in [9.17, 15) is 4.79 Å². The molecular formula is C10H14N6O2. The third kappa shape index (κ3) is 2.92. The minimum Gasteiger partial charge on any atom is -0.354 e. The average molecular weight is 250 g/mol. The van der Waals surface area contributed by atoms with Crippen LogP contribution in [0.5, 0.6) is 0 Å². The number of amides is 1. The van der Waals surface area contributed by atoms with Crippen LogP contribution in [0.25, 0.3) is 0 Å². The first-order valence-electron chi connectivity index (χ1n) is 5.44. The molecule has 0 fully saturated rings. The van der Waals surface area contributed by atoms with Crippen molar-refractivity contribution in [2.24, 2.45) is 12.8 Å². The van der Waals surface area contributed by atoms with Crippen LogP contribution >= 0.6 is 0 Å². The predicted molar refractivity (Wildman–Crippen MR) is 61.1 cm³/mol. The highest BCUT2D eigenvalue weighted by molar-refractivity contribution is 5.82. The van der Waals surface area contributed by atoms with Crippen molar-refractivity contribution in [3.8, 4) is 0 Å². The fraction of sp³-hybridized carbons (Fsp3) is 0.400. The standard InChI is InChI=1S/C10H14N6O2/c1-16-5-7(4-14-16)9(11)10(17)12-3-2-8-13-6-18-15-8/h4-6,9H,2-3,11H2,1H3,(H,12,17). The smallest absolute Gasteiger partial charge is 0.241 e. The van der Waals surface area contributed by atoms with Gasteiger partial charge in [-0.1, -0.05) is 5.16 Å². The van der Waals surface area contributed by atoms with E-state index in [-0.39, 0.29) is 5.91 Å². The number of nitrogens with two attached hydrogens (primary N) is 1. The van der Waals surface area contributed by atoms with Crippen molar-refractivity contribution in [2.45, 2.75) is 12.5 Å². The summed E-state index contributed by atoms with van der Waals surface area (Å²) >= 11 is 0. The molecular weight excluding hydrogens is 236 g/mol. The lowest BCUT2D eigenvalue weighted by molar-refractivity contribution is -0.122. The van der Waals surface area contributed by atoms with Crippen molar-refractivity contribution < 1.29 is 9.32 Å². The number of aromatic nitrogens is 4. The number of carbonyl (C=O) groups is 1. The summed E-state index contributed by atoms with van der Waals surface area (Å²) in [6.45, 7) is 0.409. The Kier molecular flexibility index (Phi) is 3.68. The molecule has 0 aliphatic heterocycles. The highest BCUT2D eigenvalue weighted by Gasteiger charge is 2.16. The van der Waals surface area contributed by atoms with E-state index in [1.54, 1.807) is 24.1 Å². The second kappa shape index (κ2) is 5.41. The molecule has 96 valence electrons. The topological polar surface area (TPSA) is 112 Å². The number of aryl methyl sites for hydroxylation is 1. The zero-order valence-corrected chi connectivity index (χ0v) is 9.91. The molecule has 0 bridgehead atoms. The molecule has 2 rings (SSSR count). The van der Waals surface area contributed by atoms with Gasteiger partial charge in [0.15, 0.2) is 5.82 Å². The Bertz CT molecular complexity index is 506. The third-order valence-electron chi connectivity index (χ3n) is 2.42. The summed E-state index contributed by atoms with van der Waals surface area (Å²) in [7, 11) is 1.77. The molecule has 0 radical (unpaired) electrons. The normalized spacial score (nSPS) is 12.3. The Morgan fingerprint density at radius 3 is 3.11 bits per heavy atom. The van der Waals surface area contributed by atoms with Gasteiger partial charge in [-0.2, -0.15) is 10.1 Å². The van der Waals surface area contributed by atoms with E-state index < -0.39 is 6.04 Å². The quantitative estimate of drug-likeness (QED) is 0.715. The van der Waals surface area contributed by atoms with Gasteiger partial charge >= 0.3 is 0 Å². The van der Waals surface area contributed by atoms with Crippen LogP contribution in [0.4, 0.5) is 0 Å². The lowest BCUT2D eigenvalue weighted by atomic mass is 10.1. The summed E-state index contributed by atoms with van der Waals surface area (Å²) in [5, 5.41) is 10.3. The molecule has 0 aromatic carbocycles. The summed E-state index contributed by atoms with van der Waals surface area (Å²) in [5.41, 5.74) is 6.47. The third-order valence-corrected chi connectivity index (χ3v) is 2.42.